The molecule has 2 heterocycles. The van der Waals surface area contributed by atoms with E-state index >= 15 is 0 Å². The minimum atomic E-state index is -3.09. The molecule has 0 amide bonds. The number of carboxylic acid groups (broad SMARTS) is 1. The first-order valence-electron chi connectivity index (χ1n) is 6.26. The second-order valence-corrected chi connectivity index (χ2v) is 7.37. The van der Waals surface area contributed by atoms with Crippen molar-refractivity contribution < 1.29 is 18.3 Å². The number of rotatable bonds is 4. The maximum absolute atomic E-state index is 11.5. The molecule has 0 aromatic heterocycles. The average molecular weight is 276 g/mol. The van der Waals surface area contributed by atoms with Gasteiger partial charge in [-0.3, -0.25) is 4.79 Å². The fraction of sp³-hybridized carbons (Fsp3) is 0.909. The van der Waals surface area contributed by atoms with Gasteiger partial charge in [0.1, 0.15) is 0 Å². The van der Waals surface area contributed by atoms with Crippen molar-refractivity contribution in [2.75, 3.05) is 39.0 Å². The molecule has 1 atom stereocenters. The molecule has 2 saturated heterocycles. The Morgan fingerprint density at radius 2 is 2.00 bits per heavy atom. The third kappa shape index (κ3) is 3.21. The molecular formula is C11H20N2O4S. The largest absolute Gasteiger partial charge is 0.481 e. The Morgan fingerprint density at radius 3 is 2.56 bits per heavy atom. The summed E-state index contributed by atoms with van der Waals surface area (Å²) in [5.41, 5.74) is 0. The Labute approximate surface area is 108 Å². The molecule has 0 aromatic carbocycles. The van der Waals surface area contributed by atoms with Crippen LogP contribution in [0.4, 0.5) is 0 Å². The molecule has 18 heavy (non-hydrogen) atoms. The van der Waals surface area contributed by atoms with Gasteiger partial charge in [0.25, 0.3) is 0 Å². The lowest BCUT2D eigenvalue weighted by molar-refractivity contribution is -0.147. The quantitative estimate of drug-likeness (QED) is 0.761. The van der Waals surface area contributed by atoms with E-state index < -0.39 is 16.0 Å². The van der Waals surface area contributed by atoms with Crippen molar-refractivity contribution in [1.29, 1.82) is 0 Å². The Balaban J connectivity index is 1.79. The lowest BCUT2D eigenvalue weighted by Gasteiger charge is -2.41. The van der Waals surface area contributed by atoms with Crippen LogP contribution in [0.2, 0.25) is 0 Å². The zero-order valence-electron chi connectivity index (χ0n) is 10.6. The molecule has 2 fully saturated rings. The van der Waals surface area contributed by atoms with E-state index in [1.807, 2.05) is 0 Å². The predicted octanol–water partition coefficient (Wildman–Crippen LogP) is -0.326. The molecule has 2 rings (SSSR count). The Bertz CT molecular complexity index is 417. The van der Waals surface area contributed by atoms with Gasteiger partial charge >= 0.3 is 5.97 Å². The second kappa shape index (κ2) is 5.14. The van der Waals surface area contributed by atoms with Gasteiger partial charge in [-0.25, -0.2) is 12.7 Å². The summed E-state index contributed by atoms with van der Waals surface area (Å²) >= 11 is 0. The Hall–Kier alpha value is -0.660. The first kappa shape index (κ1) is 13.8. The summed E-state index contributed by atoms with van der Waals surface area (Å²) in [6, 6.07) is 0. The molecule has 2 aliphatic heterocycles. The van der Waals surface area contributed by atoms with Gasteiger partial charge in [-0.1, -0.05) is 0 Å². The summed E-state index contributed by atoms with van der Waals surface area (Å²) in [5.74, 6) is -0.629. The minimum absolute atomic E-state index is 0.236. The van der Waals surface area contributed by atoms with Crippen molar-refractivity contribution in [3.63, 3.8) is 0 Å². The normalized spacial score (nSPS) is 27.9. The summed E-state index contributed by atoms with van der Waals surface area (Å²) < 4.78 is 24.5. The Kier molecular flexibility index (Phi) is 3.93. The number of carbonyl (C=O) groups is 1. The number of hydrogen-bond donors (Lipinski definition) is 1. The van der Waals surface area contributed by atoms with E-state index in [0.29, 0.717) is 32.1 Å². The highest BCUT2D eigenvalue weighted by Crippen LogP contribution is 2.23. The standard InChI is InChI=1S/C11H20N2O4S/c1-18(16,17)13-4-2-3-9(6-13)5-12-7-10(8-12)11(14)15/h9-10H,2-8H2,1H3,(H,14,15). The third-order valence-electron chi connectivity index (χ3n) is 3.77. The topological polar surface area (TPSA) is 77.9 Å². The van der Waals surface area contributed by atoms with E-state index in [-0.39, 0.29) is 5.92 Å². The summed E-state index contributed by atoms with van der Waals surface area (Å²) in [6.45, 7) is 3.21. The Morgan fingerprint density at radius 1 is 1.33 bits per heavy atom. The van der Waals surface area contributed by atoms with Crippen molar-refractivity contribution in [3.05, 3.63) is 0 Å². The van der Waals surface area contributed by atoms with Crippen LogP contribution in [-0.4, -0.2) is 67.7 Å². The molecule has 104 valence electrons. The molecular weight excluding hydrogens is 256 g/mol. The first-order valence-corrected chi connectivity index (χ1v) is 8.11. The molecule has 7 heteroatoms. The zero-order valence-corrected chi connectivity index (χ0v) is 11.4. The minimum Gasteiger partial charge on any atom is -0.481 e. The van der Waals surface area contributed by atoms with Crippen molar-refractivity contribution in [2.45, 2.75) is 12.8 Å². The van der Waals surface area contributed by atoms with Crippen molar-refractivity contribution in [1.82, 2.24) is 9.21 Å². The van der Waals surface area contributed by atoms with E-state index in [1.165, 1.54) is 10.6 Å². The number of hydrogen-bond acceptors (Lipinski definition) is 4. The van der Waals surface area contributed by atoms with Gasteiger partial charge < -0.3 is 10.0 Å². The summed E-state index contributed by atoms with van der Waals surface area (Å²) in [4.78, 5) is 12.8. The molecule has 6 nitrogen and oxygen atoms in total. The maximum Gasteiger partial charge on any atom is 0.309 e. The highest BCUT2D eigenvalue weighted by Gasteiger charge is 2.35. The van der Waals surface area contributed by atoms with Crippen molar-refractivity contribution >= 4 is 16.0 Å². The lowest BCUT2D eigenvalue weighted by atomic mass is 9.94. The van der Waals surface area contributed by atoms with E-state index in [4.69, 9.17) is 5.11 Å². The third-order valence-corrected chi connectivity index (χ3v) is 5.04. The number of carboxylic acids is 1. The number of likely N-dealkylation sites (tertiary alicyclic amines) is 1. The van der Waals surface area contributed by atoms with Crippen molar-refractivity contribution in [3.8, 4) is 0 Å². The van der Waals surface area contributed by atoms with Crippen LogP contribution < -0.4 is 0 Å². The van der Waals surface area contributed by atoms with E-state index in [1.54, 1.807) is 0 Å². The van der Waals surface area contributed by atoms with E-state index in [0.717, 1.165) is 19.4 Å². The first-order chi connectivity index (χ1) is 8.36. The number of sulfonamides is 1. The summed E-state index contributed by atoms with van der Waals surface area (Å²) in [6.07, 6.45) is 3.17. The molecule has 0 saturated carbocycles. The van der Waals surface area contributed by atoms with Gasteiger partial charge in [-0.2, -0.15) is 0 Å². The van der Waals surface area contributed by atoms with Gasteiger partial charge in [0, 0.05) is 32.7 Å². The second-order valence-electron chi connectivity index (χ2n) is 5.38. The molecule has 0 spiro atoms. The van der Waals surface area contributed by atoms with E-state index in [2.05, 4.69) is 4.90 Å². The van der Waals surface area contributed by atoms with Crippen LogP contribution in [0.3, 0.4) is 0 Å². The molecule has 2 aliphatic rings. The summed E-state index contributed by atoms with van der Waals surface area (Å²) in [5, 5.41) is 8.79. The molecule has 0 aliphatic carbocycles. The molecule has 0 aromatic rings. The van der Waals surface area contributed by atoms with Crippen LogP contribution in [0, 0.1) is 11.8 Å². The predicted molar refractivity (Wildman–Crippen MR) is 66.7 cm³/mol. The van der Waals surface area contributed by atoms with Gasteiger partial charge in [0.15, 0.2) is 0 Å². The smallest absolute Gasteiger partial charge is 0.309 e. The SMILES string of the molecule is CS(=O)(=O)N1CCCC(CN2CC(C(=O)O)C2)C1. The lowest BCUT2D eigenvalue weighted by Crippen LogP contribution is -2.53. The average Bonchev–Trinajstić information content (AvgIpc) is 2.21. The highest BCUT2D eigenvalue weighted by atomic mass is 32.2. The number of nitrogens with zero attached hydrogens (tertiary/aromatic N) is 2. The van der Waals surface area contributed by atoms with Crippen LogP contribution in [0.15, 0.2) is 0 Å². The van der Waals surface area contributed by atoms with Gasteiger partial charge in [-0.05, 0) is 18.8 Å². The number of piperidine rings is 1. The van der Waals surface area contributed by atoms with Crippen LogP contribution in [-0.2, 0) is 14.8 Å². The van der Waals surface area contributed by atoms with Gasteiger partial charge in [0.05, 0.1) is 12.2 Å². The van der Waals surface area contributed by atoms with E-state index in [9.17, 15) is 13.2 Å². The van der Waals surface area contributed by atoms with Crippen LogP contribution in [0.5, 0.6) is 0 Å². The summed E-state index contributed by atoms with van der Waals surface area (Å²) in [7, 11) is -3.09. The molecule has 1 N–H and O–H groups in total. The molecule has 0 bridgehead atoms. The molecule has 0 radical (unpaired) electrons. The fourth-order valence-corrected chi connectivity index (χ4v) is 3.66. The highest BCUT2D eigenvalue weighted by molar-refractivity contribution is 7.88. The number of aliphatic carboxylic acids is 1. The maximum atomic E-state index is 11.5. The fourth-order valence-electron chi connectivity index (χ4n) is 2.72. The van der Waals surface area contributed by atoms with Crippen LogP contribution in [0.25, 0.3) is 0 Å². The zero-order chi connectivity index (χ0) is 13.3. The monoisotopic (exact) mass is 276 g/mol. The van der Waals surface area contributed by atoms with Crippen LogP contribution in [0.1, 0.15) is 12.8 Å². The van der Waals surface area contributed by atoms with Crippen LogP contribution >= 0.6 is 0 Å². The molecule has 1 unspecified atom stereocenters. The van der Waals surface area contributed by atoms with Crippen molar-refractivity contribution in [2.24, 2.45) is 11.8 Å². The van der Waals surface area contributed by atoms with Gasteiger partial charge in [-0.15, -0.1) is 0 Å². The van der Waals surface area contributed by atoms with Gasteiger partial charge in [0.2, 0.25) is 10.0 Å².